The highest BCUT2D eigenvalue weighted by molar-refractivity contribution is 7.89. The summed E-state index contributed by atoms with van der Waals surface area (Å²) in [6.45, 7) is 5.11. The summed E-state index contributed by atoms with van der Waals surface area (Å²) in [5.41, 5.74) is 3.55. The summed E-state index contributed by atoms with van der Waals surface area (Å²) in [5.74, 6) is 0.316. The quantitative estimate of drug-likeness (QED) is 0.899. The van der Waals surface area contributed by atoms with Gasteiger partial charge in [-0.3, -0.25) is 4.79 Å². The van der Waals surface area contributed by atoms with Crippen LogP contribution in [0.5, 0.6) is 0 Å². The second-order valence-electron chi connectivity index (χ2n) is 6.95. The second-order valence-corrected chi connectivity index (χ2v) is 8.48. The monoisotopic (exact) mass is 372 g/mol. The Balaban J connectivity index is 1.74. The van der Waals surface area contributed by atoms with E-state index in [0.29, 0.717) is 30.1 Å². The molecule has 0 radical (unpaired) electrons. The van der Waals surface area contributed by atoms with Crippen LogP contribution in [0.25, 0.3) is 0 Å². The number of piperidine rings is 1. The zero-order valence-corrected chi connectivity index (χ0v) is 15.9. The highest BCUT2D eigenvalue weighted by atomic mass is 32.2. The summed E-state index contributed by atoms with van der Waals surface area (Å²) in [5, 5.41) is 5.25. The summed E-state index contributed by atoms with van der Waals surface area (Å²) in [4.78, 5) is 14.6. The number of likely N-dealkylation sites (tertiary alicyclic amines) is 1. The lowest BCUT2D eigenvalue weighted by Crippen LogP contribution is -2.38. The van der Waals surface area contributed by atoms with E-state index in [2.05, 4.69) is 25.1 Å². The maximum Gasteiger partial charge on any atom is 0.253 e. The largest absolute Gasteiger partial charge is 0.339 e. The molecule has 2 N–H and O–H groups in total. The molecular weight excluding hydrogens is 348 g/mol. The number of primary sulfonamides is 1. The van der Waals surface area contributed by atoms with Gasteiger partial charge < -0.3 is 4.90 Å². The molecular formula is C20H24N2O3S. The number of hydrogen-bond donors (Lipinski definition) is 1. The van der Waals surface area contributed by atoms with Gasteiger partial charge in [0.2, 0.25) is 10.0 Å². The van der Waals surface area contributed by atoms with Gasteiger partial charge in [0.1, 0.15) is 0 Å². The van der Waals surface area contributed by atoms with Crippen LogP contribution in [0, 0.1) is 13.8 Å². The van der Waals surface area contributed by atoms with Gasteiger partial charge in [0, 0.05) is 18.7 Å². The standard InChI is InChI=1S/C20H24N2O3S/c1-14-5-3-4-6-18(14)16-9-11-22(12-10-16)20(23)17-8-7-15(2)19(13-17)26(21,24)25/h3-8,13,16H,9-12H2,1-2H3,(H2,21,24,25). The summed E-state index contributed by atoms with van der Waals surface area (Å²) in [6, 6.07) is 13.1. The topological polar surface area (TPSA) is 80.5 Å². The molecule has 5 nitrogen and oxygen atoms in total. The van der Waals surface area contributed by atoms with Crippen molar-refractivity contribution in [3.63, 3.8) is 0 Å². The Bertz CT molecular complexity index is 930. The van der Waals surface area contributed by atoms with E-state index in [1.165, 1.54) is 17.2 Å². The van der Waals surface area contributed by atoms with Crippen molar-refractivity contribution in [2.24, 2.45) is 5.14 Å². The number of amides is 1. The van der Waals surface area contributed by atoms with Crippen molar-refractivity contribution in [1.82, 2.24) is 4.90 Å². The van der Waals surface area contributed by atoms with Gasteiger partial charge in [-0.1, -0.05) is 30.3 Å². The molecule has 1 amide bonds. The molecule has 6 heteroatoms. The molecule has 0 saturated carbocycles. The van der Waals surface area contributed by atoms with E-state index in [1.54, 1.807) is 24.0 Å². The molecule has 1 aliphatic heterocycles. The van der Waals surface area contributed by atoms with E-state index >= 15 is 0 Å². The maximum absolute atomic E-state index is 12.8. The Morgan fingerprint density at radius 2 is 1.69 bits per heavy atom. The minimum atomic E-state index is -3.84. The molecule has 1 heterocycles. The average Bonchev–Trinajstić information content (AvgIpc) is 2.61. The van der Waals surface area contributed by atoms with Gasteiger partial charge in [-0.25, -0.2) is 13.6 Å². The van der Waals surface area contributed by atoms with E-state index < -0.39 is 10.0 Å². The number of carbonyl (C=O) groups excluding carboxylic acids is 1. The van der Waals surface area contributed by atoms with E-state index in [0.717, 1.165) is 12.8 Å². The van der Waals surface area contributed by atoms with Crippen LogP contribution < -0.4 is 5.14 Å². The lowest BCUT2D eigenvalue weighted by atomic mass is 9.87. The Morgan fingerprint density at radius 1 is 1.04 bits per heavy atom. The molecule has 3 rings (SSSR count). The first-order valence-electron chi connectivity index (χ1n) is 8.75. The van der Waals surface area contributed by atoms with Crippen molar-refractivity contribution in [2.75, 3.05) is 13.1 Å². The number of carbonyl (C=O) groups is 1. The molecule has 0 spiro atoms. The Hall–Kier alpha value is -2.18. The van der Waals surface area contributed by atoms with Crippen molar-refractivity contribution in [3.8, 4) is 0 Å². The lowest BCUT2D eigenvalue weighted by Gasteiger charge is -2.33. The fourth-order valence-electron chi connectivity index (χ4n) is 3.66. The van der Waals surface area contributed by atoms with Crippen LogP contribution in [0.4, 0.5) is 0 Å². The highest BCUT2D eigenvalue weighted by Gasteiger charge is 2.26. The lowest BCUT2D eigenvalue weighted by molar-refractivity contribution is 0.0712. The van der Waals surface area contributed by atoms with Crippen LogP contribution in [0.2, 0.25) is 0 Å². The summed E-state index contributed by atoms with van der Waals surface area (Å²) in [6.07, 6.45) is 1.81. The molecule has 138 valence electrons. The molecule has 0 unspecified atom stereocenters. The molecule has 26 heavy (non-hydrogen) atoms. The fraction of sp³-hybridized carbons (Fsp3) is 0.350. The maximum atomic E-state index is 12.8. The SMILES string of the molecule is Cc1ccccc1C1CCN(C(=O)c2ccc(C)c(S(N)(=O)=O)c2)CC1. The van der Waals surface area contributed by atoms with Crippen LogP contribution in [0.15, 0.2) is 47.4 Å². The Morgan fingerprint density at radius 3 is 2.31 bits per heavy atom. The van der Waals surface area contributed by atoms with Crippen LogP contribution in [-0.2, 0) is 10.0 Å². The van der Waals surface area contributed by atoms with E-state index in [-0.39, 0.29) is 10.8 Å². The Kier molecular flexibility index (Phi) is 5.16. The highest BCUT2D eigenvalue weighted by Crippen LogP contribution is 2.30. The van der Waals surface area contributed by atoms with Crippen molar-refractivity contribution in [2.45, 2.75) is 37.5 Å². The van der Waals surface area contributed by atoms with Crippen LogP contribution in [-0.4, -0.2) is 32.3 Å². The Labute approximate surface area is 154 Å². The third-order valence-electron chi connectivity index (χ3n) is 5.15. The van der Waals surface area contributed by atoms with Crippen LogP contribution in [0.3, 0.4) is 0 Å². The number of benzene rings is 2. The number of hydrogen-bond acceptors (Lipinski definition) is 3. The van der Waals surface area contributed by atoms with Gasteiger partial charge in [0.05, 0.1) is 4.90 Å². The molecule has 1 saturated heterocycles. The summed E-state index contributed by atoms with van der Waals surface area (Å²) >= 11 is 0. The first kappa shape index (κ1) is 18.6. The molecule has 0 aliphatic carbocycles. The predicted molar refractivity (Wildman–Crippen MR) is 102 cm³/mol. The van der Waals surface area contributed by atoms with Crippen molar-refractivity contribution < 1.29 is 13.2 Å². The molecule has 0 aromatic heterocycles. The van der Waals surface area contributed by atoms with E-state index in [9.17, 15) is 13.2 Å². The van der Waals surface area contributed by atoms with Gasteiger partial charge in [-0.15, -0.1) is 0 Å². The first-order chi connectivity index (χ1) is 12.3. The van der Waals surface area contributed by atoms with Crippen LogP contribution in [0.1, 0.15) is 45.8 Å². The summed E-state index contributed by atoms with van der Waals surface area (Å²) in [7, 11) is -3.84. The second kappa shape index (κ2) is 7.21. The van der Waals surface area contributed by atoms with Gasteiger partial charge in [0.15, 0.2) is 0 Å². The van der Waals surface area contributed by atoms with Crippen molar-refractivity contribution in [3.05, 3.63) is 64.7 Å². The molecule has 1 fully saturated rings. The normalized spacial score (nSPS) is 15.9. The van der Waals surface area contributed by atoms with Gasteiger partial charge >= 0.3 is 0 Å². The van der Waals surface area contributed by atoms with Crippen molar-refractivity contribution >= 4 is 15.9 Å². The zero-order chi connectivity index (χ0) is 18.9. The molecule has 1 aliphatic rings. The number of nitrogens with two attached hydrogens (primary N) is 1. The zero-order valence-electron chi connectivity index (χ0n) is 15.1. The average molecular weight is 372 g/mol. The smallest absolute Gasteiger partial charge is 0.253 e. The molecule has 2 aromatic rings. The molecule has 2 aromatic carbocycles. The minimum Gasteiger partial charge on any atom is -0.339 e. The number of aryl methyl sites for hydroxylation is 2. The predicted octanol–water partition coefficient (Wildman–Crippen LogP) is 2.97. The van der Waals surface area contributed by atoms with E-state index in [1.807, 2.05) is 6.07 Å². The fourth-order valence-corrected chi connectivity index (χ4v) is 4.47. The minimum absolute atomic E-state index is 0.0122. The molecule has 0 atom stereocenters. The van der Waals surface area contributed by atoms with Gasteiger partial charge in [-0.2, -0.15) is 0 Å². The van der Waals surface area contributed by atoms with Crippen molar-refractivity contribution in [1.29, 1.82) is 0 Å². The first-order valence-corrected chi connectivity index (χ1v) is 10.3. The summed E-state index contributed by atoms with van der Waals surface area (Å²) < 4.78 is 23.4. The van der Waals surface area contributed by atoms with E-state index in [4.69, 9.17) is 5.14 Å². The third-order valence-corrected chi connectivity index (χ3v) is 6.20. The van der Waals surface area contributed by atoms with Gasteiger partial charge in [-0.05, 0) is 61.4 Å². The van der Waals surface area contributed by atoms with Gasteiger partial charge in [0.25, 0.3) is 5.91 Å². The third kappa shape index (κ3) is 3.81. The number of nitrogens with zero attached hydrogens (tertiary/aromatic N) is 1. The van der Waals surface area contributed by atoms with Crippen LogP contribution >= 0.6 is 0 Å². The number of sulfonamides is 1. The number of rotatable bonds is 3. The molecule has 0 bridgehead atoms.